The summed E-state index contributed by atoms with van der Waals surface area (Å²) < 4.78 is 1.14. The number of hydrogen-bond acceptors (Lipinski definition) is 0. The molecule has 0 amide bonds. The van der Waals surface area contributed by atoms with E-state index < -0.39 is 0 Å². The first-order chi connectivity index (χ1) is 8.97. The van der Waals surface area contributed by atoms with Gasteiger partial charge in [-0.15, -0.1) is 0 Å². The van der Waals surface area contributed by atoms with Crippen molar-refractivity contribution in [3.05, 3.63) is 68.7 Å². The number of rotatable bonds is 3. The van der Waals surface area contributed by atoms with Crippen LogP contribution in [-0.4, -0.2) is 0 Å². The van der Waals surface area contributed by atoms with Gasteiger partial charge in [0.25, 0.3) is 0 Å². The molecule has 19 heavy (non-hydrogen) atoms. The Hall–Kier alpha value is -0.600. The average molecular weight is 382 g/mol. The van der Waals surface area contributed by atoms with Crippen LogP contribution < -0.4 is 0 Å². The van der Waals surface area contributed by atoms with Crippen molar-refractivity contribution in [3.8, 4) is 0 Å². The van der Waals surface area contributed by atoms with Crippen LogP contribution in [0.3, 0.4) is 0 Å². The maximum Gasteiger partial charge on any atom is 0.0438 e. The molecule has 0 radical (unpaired) electrons. The fourth-order valence-corrected chi connectivity index (χ4v) is 3.44. The highest BCUT2D eigenvalue weighted by molar-refractivity contribution is 9.10. The van der Waals surface area contributed by atoms with Crippen molar-refractivity contribution in [2.75, 3.05) is 0 Å². The summed E-state index contributed by atoms with van der Waals surface area (Å²) in [7, 11) is 0. The number of benzene rings is 2. The van der Waals surface area contributed by atoms with Gasteiger partial charge in [-0.2, -0.15) is 0 Å². The first-order valence-corrected chi connectivity index (χ1v) is 8.14. The van der Waals surface area contributed by atoms with Gasteiger partial charge in [0.15, 0.2) is 0 Å². The normalized spacial score (nSPS) is 12.5. The average Bonchev–Trinajstić information content (AvgIpc) is 2.36. The molecule has 0 aromatic heterocycles. The SMILES string of the molecule is Cc1ccc(CC(Br)c2cc(Br)ccc2C)cc1C. The largest absolute Gasteiger partial charge is 0.0835 e. The maximum absolute atomic E-state index is 3.83. The van der Waals surface area contributed by atoms with Gasteiger partial charge < -0.3 is 0 Å². The Morgan fingerprint density at radius 1 is 0.895 bits per heavy atom. The molecule has 2 heteroatoms. The number of aryl methyl sites for hydroxylation is 3. The van der Waals surface area contributed by atoms with E-state index in [4.69, 9.17) is 0 Å². The number of alkyl halides is 1. The van der Waals surface area contributed by atoms with Crippen LogP contribution in [0.15, 0.2) is 40.9 Å². The molecule has 0 fully saturated rings. The zero-order valence-corrected chi connectivity index (χ0v) is 14.7. The molecule has 0 aliphatic rings. The second-order valence-electron chi connectivity index (χ2n) is 5.09. The number of halogens is 2. The monoisotopic (exact) mass is 380 g/mol. The highest BCUT2D eigenvalue weighted by atomic mass is 79.9. The van der Waals surface area contributed by atoms with Crippen molar-refractivity contribution >= 4 is 31.9 Å². The van der Waals surface area contributed by atoms with Crippen molar-refractivity contribution in [3.63, 3.8) is 0 Å². The van der Waals surface area contributed by atoms with Gasteiger partial charge in [0, 0.05) is 9.30 Å². The molecule has 0 spiro atoms. The van der Waals surface area contributed by atoms with Crippen molar-refractivity contribution in [2.45, 2.75) is 32.0 Å². The van der Waals surface area contributed by atoms with Crippen LogP contribution in [0.4, 0.5) is 0 Å². The molecule has 2 aromatic carbocycles. The molecule has 2 aromatic rings. The van der Waals surface area contributed by atoms with Crippen LogP contribution in [0.25, 0.3) is 0 Å². The summed E-state index contributed by atoms with van der Waals surface area (Å²) in [5, 5.41) is 0. The lowest BCUT2D eigenvalue weighted by Crippen LogP contribution is -1.99. The smallest absolute Gasteiger partial charge is 0.0438 e. The molecular formula is C17H18Br2. The van der Waals surface area contributed by atoms with Crippen molar-refractivity contribution in [2.24, 2.45) is 0 Å². The minimum atomic E-state index is 0.354. The van der Waals surface area contributed by atoms with E-state index in [-0.39, 0.29) is 0 Å². The van der Waals surface area contributed by atoms with Crippen LogP contribution in [0.5, 0.6) is 0 Å². The zero-order chi connectivity index (χ0) is 14.0. The van der Waals surface area contributed by atoms with Gasteiger partial charge in [-0.1, -0.05) is 56.1 Å². The first-order valence-electron chi connectivity index (χ1n) is 6.43. The van der Waals surface area contributed by atoms with E-state index in [2.05, 4.69) is 89.0 Å². The lowest BCUT2D eigenvalue weighted by Gasteiger charge is -2.14. The third-order valence-electron chi connectivity index (χ3n) is 3.56. The summed E-state index contributed by atoms with van der Waals surface area (Å²) in [5.41, 5.74) is 6.78. The van der Waals surface area contributed by atoms with Crippen LogP contribution in [-0.2, 0) is 6.42 Å². The standard InChI is InChI=1S/C17H18Br2/c1-11-4-6-14(8-13(11)3)9-17(19)16-10-15(18)7-5-12(16)2/h4-8,10,17H,9H2,1-3H3. The molecule has 0 saturated heterocycles. The summed E-state index contributed by atoms with van der Waals surface area (Å²) in [6, 6.07) is 13.2. The van der Waals surface area contributed by atoms with Crippen LogP contribution in [0.1, 0.15) is 32.6 Å². The minimum Gasteiger partial charge on any atom is -0.0835 e. The van der Waals surface area contributed by atoms with Gasteiger partial charge in [0.1, 0.15) is 0 Å². The lowest BCUT2D eigenvalue weighted by molar-refractivity contribution is 0.934. The van der Waals surface area contributed by atoms with E-state index in [0.29, 0.717) is 4.83 Å². The predicted molar refractivity (Wildman–Crippen MR) is 90.2 cm³/mol. The Balaban J connectivity index is 2.22. The highest BCUT2D eigenvalue weighted by Crippen LogP contribution is 2.31. The summed E-state index contributed by atoms with van der Waals surface area (Å²) in [6.45, 7) is 6.49. The Labute approximate surface area is 132 Å². The van der Waals surface area contributed by atoms with Gasteiger partial charge in [-0.05, 0) is 67.1 Å². The molecule has 1 unspecified atom stereocenters. The number of hydrogen-bond donors (Lipinski definition) is 0. The van der Waals surface area contributed by atoms with Gasteiger partial charge in [0.2, 0.25) is 0 Å². The van der Waals surface area contributed by atoms with Crippen molar-refractivity contribution < 1.29 is 0 Å². The van der Waals surface area contributed by atoms with E-state index in [1.165, 1.54) is 27.8 Å². The quantitative estimate of drug-likeness (QED) is 0.567. The summed E-state index contributed by atoms with van der Waals surface area (Å²) >= 11 is 7.38. The zero-order valence-electron chi connectivity index (χ0n) is 11.5. The first kappa shape index (κ1) is 14.8. The molecule has 1 atom stereocenters. The van der Waals surface area contributed by atoms with Gasteiger partial charge >= 0.3 is 0 Å². The Kier molecular flexibility index (Phi) is 4.86. The Morgan fingerprint density at radius 3 is 2.26 bits per heavy atom. The van der Waals surface area contributed by atoms with Gasteiger partial charge in [-0.3, -0.25) is 0 Å². The maximum atomic E-state index is 3.83. The van der Waals surface area contributed by atoms with E-state index >= 15 is 0 Å². The molecule has 0 bridgehead atoms. The minimum absolute atomic E-state index is 0.354. The molecule has 0 nitrogen and oxygen atoms in total. The van der Waals surface area contributed by atoms with Crippen molar-refractivity contribution in [1.29, 1.82) is 0 Å². The fourth-order valence-electron chi connectivity index (χ4n) is 2.20. The van der Waals surface area contributed by atoms with E-state index in [1.807, 2.05) is 0 Å². The third kappa shape index (κ3) is 3.70. The molecule has 0 heterocycles. The van der Waals surface area contributed by atoms with E-state index in [9.17, 15) is 0 Å². The molecule has 0 N–H and O–H groups in total. The summed E-state index contributed by atoms with van der Waals surface area (Å²) in [5.74, 6) is 0. The summed E-state index contributed by atoms with van der Waals surface area (Å²) in [6.07, 6.45) is 1.01. The molecular weight excluding hydrogens is 364 g/mol. The van der Waals surface area contributed by atoms with Gasteiger partial charge in [-0.25, -0.2) is 0 Å². The second kappa shape index (κ2) is 6.23. The lowest BCUT2D eigenvalue weighted by atomic mass is 9.98. The second-order valence-corrected chi connectivity index (χ2v) is 7.11. The van der Waals surface area contributed by atoms with Crippen LogP contribution in [0, 0.1) is 20.8 Å². The van der Waals surface area contributed by atoms with Crippen LogP contribution in [0.2, 0.25) is 0 Å². The van der Waals surface area contributed by atoms with Crippen LogP contribution >= 0.6 is 31.9 Å². The third-order valence-corrected chi connectivity index (χ3v) is 4.88. The predicted octanol–water partition coefficient (Wildman–Crippen LogP) is 6.05. The highest BCUT2D eigenvalue weighted by Gasteiger charge is 2.12. The van der Waals surface area contributed by atoms with Gasteiger partial charge in [0.05, 0.1) is 0 Å². The molecule has 0 aliphatic carbocycles. The molecule has 0 saturated carbocycles. The van der Waals surface area contributed by atoms with E-state index in [0.717, 1.165) is 10.9 Å². The summed E-state index contributed by atoms with van der Waals surface area (Å²) in [4.78, 5) is 0.354. The molecule has 0 aliphatic heterocycles. The Morgan fingerprint density at radius 2 is 1.58 bits per heavy atom. The fraction of sp³-hybridized carbons (Fsp3) is 0.294. The topological polar surface area (TPSA) is 0 Å². The molecule has 100 valence electrons. The molecule has 2 rings (SSSR count). The van der Waals surface area contributed by atoms with E-state index in [1.54, 1.807) is 0 Å². The Bertz CT molecular complexity index is 588. The van der Waals surface area contributed by atoms with Crippen molar-refractivity contribution in [1.82, 2.24) is 0 Å².